The molecule has 4 nitrogen and oxygen atoms in total. The number of carbonyl (C=O) groups is 2. The molecular formula is C18H19ClN2O2. The van der Waals surface area contributed by atoms with Gasteiger partial charge in [-0.15, -0.1) is 0 Å². The van der Waals surface area contributed by atoms with Crippen LogP contribution >= 0.6 is 11.6 Å². The van der Waals surface area contributed by atoms with Crippen molar-refractivity contribution in [2.24, 2.45) is 0 Å². The van der Waals surface area contributed by atoms with Gasteiger partial charge in [0.05, 0.1) is 0 Å². The van der Waals surface area contributed by atoms with E-state index in [1.807, 2.05) is 24.3 Å². The molecule has 0 radical (unpaired) electrons. The van der Waals surface area contributed by atoms with Crippen molar-refractivity contribution < 1.29 is 9.59 Å². The molecule has 120 valence electrons. The molecule has 2 amide bonds. The van der Waals surface area contributed by atoms with Gasteiger partial charge in [-0.3, -0.25) is 9.59 Å². The Bertz CT molecular complexity index is 679. The van der Waals surface area contributed by atoms with Gasteiger partial charge in [0.1, 0.15) is 0 Å². The predicted molar refractivity (Wildman–Crippen MR) is 92.5 cm³/mol. The number of rotatable bonds is 4. The van der Waals surface area contributed by atoms with Crippen LogP contribution in [0.1, 0.15) is 30.9 Å². The van der Waals surface area contributed by atoms with Crippen LogP contribution in [0.4, 0.5) is 5.69 Å². The molecule has 0 bridgehead atoms. The fraction of sp³-hybridized carbons (Fsp3) is 0.222. The summed E-state index contributed by atoms with van der Waals surface area (Å²) in [5, 5.41) is 5.69. The molecule has 0 fully saturated rings. The van der Waals surface area contributed by atoms with Gasteiger partial charge in [0.15, 0.2) is 0 Å². The molecule has 0 spiro atoms. The van der Waals surface area contributed by atoms with E-state index in [-0.39, 0.29) is 0 Å². The average molecular weight is 331 g/mol. The fourth-order valence-corrected chi connectivity index (χ4v) is 2.13. The number of nitrogens with one attached hydrogen (secondary N) is 2. The summed E-state index contributed by atoms with van der Waals surface area (Å²) in [6.45, 7) is 4.56. The van der Waals surface area contributed by atoms with Gasteiger partial charge in [-0.2, -0.15) is 0 Å². The highest BCUT2D eigenvalue weighted by Gasteiger charge is 2.13. The predicted octanol–water partition coefficient (Wildman–Crippen LogP) is 3.72. The molecule has 0 atom stereocenters. The molecular weight excluding hydrogens is 312 g/mol. The second-order valence-corrected chi connectivity index (χ2v) is 5.98. The molecule has 0 saturated heterocycles. The van der Waals surface area contributed by atoms with Crippen molar-refractivity contribution in [3.05, 3.63) is 64.7 Å². The lowest BCUT2D eigenvalue weighted by molar-refractivity contribution is -0.136. The first kappa shape index (κ1) is 17.0. The third-order valence-corrected chi connectivity index (χ3v) is 3.66. The van der Waals surface area contributed by atoms with E-state index in [0.29, 0.717) is 23.2 Å². The van der Waals surface area contributed by atoms with Crippen LogP contribution in [-0.2, 0) is 16.1 Å². The molecule has 0 unspecified atom stereocenters. The maximum atomic E-state index is 11.8. The normalized spacial score (nSPS) is 10.4. The molecule has 0 aromatic heterocycles. The van der Waals surface area contributed by atoms with Gasteiger partial charge in [0, 0.05) is 17.3 Å². The lowest BCUT2D eigenvalue weighted by Gasteiger charge is -2.09. The Morgan fingerprint density at radius 2 is 1.57 bits per heavy atom. The van der Waals surface area contributed by atoms with Crippen LogP contribution in [0.15, 0.2) is 48.5 Å². The van der Waals surface area contributed by atoms with E-state index in [4.69, 9.17) is 11.6 Å². The van der Waals surface area contributed by atoms with E-state index in [0.717, 1.165) is 5.56 Å². The highest BCUT2D eigenvalue weighted by molar-refractivity contribution is 6.39. The van der Waals surface area contributed by atoms with Crippen molar-refractivity contribution >= 4 is 29.1 Å². The highest BCUT2D eigenvalue weighted by Crippen LogP contribution is 2.15. The summed E-state index contributed by atoms with van der Waals surface area (Å²) in [4.78, 5) is 23.6. The zero-order valence-electron chi connectivity index (χ0n) is 13.1. The van der Waals surface area contributed by atoms with Gasteiger partial charge in [0.25, 0.3) is 0 Å². The van der Waals surface area contributed by atoms with Crippen LogP contribution < -0.4 is 10.6 Å². The summed E-state index contributed by atoms with van der Waals surface area (Å²) >= 11 is 5.77. The molecule has 23 heavy (non-hydrogen) atoms. The number of benzene rings is 2. The third kappa shape index (κ3) is 5.11. The Kier molecular flexibility index (Phi) is 5.77. The summed E-state index contributed by atoms with van der Waals surface area (Å²) in [7, 11) is 0. The summed E-state index contributed by atoms with van der Waals surface area (Å²) in [5.41, 5.74) is 2.71. The van der Waals surface area contributed by atoms with Gasteiger partial charge < -0.3 is 10.6 Å². The zero-order valence-corrected chi connectivity index (χ0v) is 13.9. The van der Waals surface area contributed by atoms with Crippen LogP contribution in [-0.4, -0.2) is 11.8 Å². The minimum atomic E-state index is -0.703. The molecule has 5 heteroatoms. The summed E-state index contributed by atoms with van der Waals surface area (Å²) in [6.07, 6.45) is 0. The first-order chi connectivity index (χ1) is 11.0. The number of anilines is 1. The topological polar surface area (TPSA) is 58.2 Å². The number of hydrogen-bond acceptors (Lipinski definition) is 2. The van der Waals surface area contributed by atoms with E-state index in [2.05, 4.69) is 24.5 Å². The maximum Gasteiger partial charge on any atom is 0.313 e. The number of carbonyl (C=O) groups excluding carboxylic acids is 2. The van der Waals surface area contributed by atoms with Gasteiger partial charge in [-0.1, -0.05) is 49.7 Å². The average Bonchev–Trinajstić information content (AvgIpc) is 2.55. The van der Waals surface area contributed by atoms with Crippen molar-refractivity contribution in [2.45, 2.75) is 26.3 Å². The van der Waals surface area contributed by atoms with Crippen molar-refractivity contribution in [3.8, 4) is 0 Å². The maximum absolute atomic E-state index is 11.8. The highest BCUT2D eigenvalue weighted by atomic mass is 35.5. The summed E-state index contributed by atoms with van der Waals surface area (Å²) < 4.78 is 0. The van der Waals surface area contributed by atoms with E-state index in [9.17, 15) is 9.59 Å². The SMILES string of the molecule is CC(C)c1ccc(CNC(=O)C(=O)Nc2ccc(Cl)cc2)cc1. The van der Waals surface area contributed by atoms with Crippen molar-refractivity contribution in [1.82, 2.24) is 5.32 Å². The Labute approximate surface area is 140 Å². The molecule has 0 aliphatic rings. The lowest BCUT2D eigenvalue weighted by atomic mass is 10.0. The first-order valence-electron chi connectivity index (χ1n) is 7.39. The van der Waals surface area contributed by atoms with Gasteiger partial charge in [0.2, 0.25) is 0 Å². The minimum Gasteiger partial charge on any atom is -0.344 e. The van der Waals surface area contributed by atoms with E-state index < -0.39 is 11.8 Å². The van der Waals surface area contributed by atoms with E-state index >= 15 is 0 Å². The Balaban J connectivity index is 1.86. The Morgan fingerprint density at radius 1 is 0.957 bits per heavy atom. The quantitative estimate of drug-likeness (QED) is 0.839. The third-order valence-electron chi connectivity index (χ3n) is 3.41. The standard InChI is InChI=1S/C18H19ClN2O2/c1-12(2)14-5-3-13(4-6-14)11-20-17(22)18(23)21-16-9-7-15(19)8-10-16/h3-10,12H,11H2,1-2H3,(H,20,22)(H,21,23). The monoisotopic (exact) mass is 330 g/mol. The molecule has 0 saturated carbocycles. The fourth-order valence-electron chi connectivity index (χ4n) is 2.00. The second kappa shape index (κ2) is 7.79. The van der Waals surface area contributed by atoms with Crippen LogP contribution in [0.5, 0.6) is 0 Å². The largest absolute Gasteiger partial charge is 0.344 e. The van der Waals surface area contributed by atoms with Crippen molar-refractivity contribution in [3.63, 3.8) is 0 Å². The molecule has 0 aliphatic heterocycles. The molecule has 2 aromatic carbocycles. The van der Waals surface area contributed by atoms with Gasteiger partial charge >= 0.3 is 11.8 Å². The smallest absolute Gasteiger partial charge is 0.313 e. The summed E-state index contributed by atoms with van der Waals surface area (Å²) in [5.74, 6) is -0.914. The van der Waals surface area contributed by atoms with Gasteiger partial charge in [-0.25, -0.2) is 0 Å². The Morgan fingerprint density at radius 3 is 2.13 bits per heavy atom. The minimum absolute atomic E-state index is 0.311. The van der Waals surface area contributed by atoms with Crippen LogP contribution in [0.2, 0.25) is 5.02 Å². The molecule has 2 rings (SSSR count). The van der Waals surface area contributed by atoms with Gasteiger partial charge in [-0.05, 0) is 41.3 Å². The van der Waals surface area contributed by atoms with Crippen molar-refractivity contribution in [1.29, 1.82) is 0 Å². The number of hydrogen-bond donors (Lipinski definition) is 2. The molecule has 2 N–H and O–H groups in total. The number of halogens is 1. The number of amides is 2. The summed E-state index contributed by atoms with van der Waals surface area (Å²) in [6, 6.07) is 14.5. The van der Waals surface area contributed by atoms with Crippen LogP contribution in [0.3, 0.4) is 0 Å². The second-order valence-electron chi connectivity index (χ2n) is 5.54. The zero-order chi connectivity index (χ0) is 16.8. The Hall–Kier alpha value is -2.33. The molecule has 0 aliphatic carbocycles. The van der Waals surface area contributed by atoms with Crippen LogP contribution in [0, 0.1) is 0 Å². The molecule has 0 heterocycles. The van der Waals surface area contributed by atoms with Crippen molar-refractivity contribution in [2.75, 3.05) is 5.32 Å². The molecule has 2 aromatic rings. The van der Waals surface area contributed by atoms with E-state index in [1.54, 1.807) is 24.3 Å². The van der Waals surface area contributed by atoms with E-state index in [1.165, 1.54) is 5.56 Å². The first-order valence-corrected chi connectivity index (χ1v) is 7.77. The lowest BCUT2D eigenvalue weighted by Crippen LogP contribution is -2.34. The van der Waals surface area contributed by atoms with Crippen LogP contribution in [0.25, 0.3) is 0 Å².